The zero-order valence-corrected chi connectivity index (χ0v) is 18.9. The summed E-state index contributed by atoms with van der Waals surface area (Å²) in [6.45, 7) is 5.43. The van der Waals surface area contributed by atoms with Gasteiger partial charge in [-0.15, -0.1) is 11.3 Å². The maximum Gasteiger partial charge on any atom is 0.253 e. The molecule has 4 rings (SSSR count). The molecule has 2 aliphatic rings. The summed E-state index contributed by atoms with van der Waals surface area (Å²) in [7, 11) is -3.65. The van der Waals surface area contributed by atoms with Crippen molar-refractivity contribution < 1.29 is 18.0 Å². The molecule has 0 radical (unpaired) electrons. The van der Waals surface area contributed by atoms with Crippen molar-refractivity contribution >= 4 is 38.3 Å². The summed E-state index contributed by atoms with van der Waals surface area (Å²) in [6.07, 6.45) is 1.77. The zero-order valence-electron chi connectivity index (χ0n) is 17.3. The lowest BCUT2D eigenvalue weighted by Gasteiger charge is -2.34. The number of thiazole rings is 1. The molecule has 2 aromatic rings. The first-order valence-electron chi connectivity index (χ1n) is 10.2. The molecule has 0 N–H and O–H groups in total. The number of piperazine rings is 2. The lowest BCUT2D eigenvalue weighted by Crippen LogP contribution is -2.50. The average Bonchev–Trinajstić information content (AvgIpc) is 3.34. The van der Waals surface area contributed by atoms with Crippen molar-refractivity contribution in [3.63, 3.8) is 0 Å². The summed E-state index contributed by atoms with van der Waals surface area (Å²) in [5.74, 6) is -0.148. The third-order valence-electron chi connectivity index (χ3n) is 5.68. The lowest BCUT2D eigenvalue weighted by molar-refractivity contribution is -0.129. The van der Waals surface area contributed by atoms with Crippen LogP contribution in [0.25, 0.3) is 0 Å². The van der Waals surface area contributed by atoms with Crippen LogP contribution >= 0.6 is 11.3 Å². The highest BCUT2D eigenvalue weighted by molar-refractivity contribution is 7.89. The number of benzene rings is 1. The Hall–Kier alpha value is -2.50. The number of hydrogen-bond donors (Lipinski definition) is 0. The summed E-state index contributed by atoms with van der Waals surface area (Å²) < 4.78 is 27.2. The van der Waals surface area contributed by atoms with Crippen molar-refractivity contribution in [2.24, 2.45) is 0 Å². The predicted octanol–water partition coefficient (Wildman–Crippen LogP) is 0.958. The van der Waals surface area contributed by atoms with Crippen LogP contribution < -0.4 is 4.90 Å². The van der Waals surface area contributed by atoms with Gasteiger partial charge in [-0.3, -0.25) is 9.59 Å². The summed E-state index contributed by atoms with van der Waals surface area (Å²) >= 11 is 1.58. The fourth-order valence-electron chi connectivity index (χ4n) is 3.82. The number of anilines is 1. The summed E-state index contributed by atoms with van der Waals surface area (Å²) in [5.41, 5.74) is 0.475. The van der Waals surface area contributed by atoms with Crippen molar-refractivity contribution in [1.29, 1.82) is 0 Å². The van der Waals surface area contributed by atoms with Crippen LogP contribution in [0.3, 0.4) is 0 Å². The van der Waals surface area contributed by atoms with Crippen LogP contribution in [0.1, 0.15) is 17.3 Å². The molecule has 1 aromatic carbocycles. The van der Waals surface area contributed by atoms with E-state index in [-0.39, 0.29) is 29.8 Å². The maximum atomic E-state index is 12.9. The van der Waals surface area contributed by atoms with Crippen LogP contribution in [-0.4, -0.2) is 91.7 Å². The minimum absolute atomic E-state index is 0.0487. The molecule has 2 saturated heterocycles. The zero-order chi connectivity index (χ0) is 22.0. The first kappa shape index (κ1) is 21.7. The first-order valence-corrected chi connectivity index (χ1v) is 12.5. The van der Waals surface area contributed by atoms with E-state index < -0.39 is 10.0 Å². The molecule has 1 aromatic heterocycles. The Bertz CT molecular complexity index is 1020. The fraction of sp³-hybridized carbons (Fsp3) is 0.450. The number of rotatable bonds is 4. The number of nitrogens with zero attached hydrogens (tertiary/aromatic N) is 5. The highest BCUT2D eigenvalue weighted by Gasteiger charge is 2.30. The van der Waals surface area contributed by atoms with E-state index in [0.717, 1.165) is 18.2 Å². The summed E-state index contributed by atoms with van der Waals surface area (Å²) in [5, 5.41) is 2.90. The van der Waals surface area contributed by atoms with Gasteiger partial charge in [-0.2, -0.15) is 4.31 Å². The number of sulfonamides is 1. The minimum atomic E-state index is -3.65. The van der Waals surface area contributed by atoms with E-state index in [9.17, 15) is 18.0 Å². The molecule has 2 aliphatic heterocycles. The Kier molecular flexibility index (Phi) is 6.26. The van der Waals surface area contributed by atoms with Gasteiger partial charge in [0.25, 0.3) is 5.91 Å². The van der Waals surface area contributed by atoms with E-state index in [0.29, 0.717) is 31.7 Å². The predicted molar refractivity (Wildman–Crippen MR) is 118 cm³/mol. The van der Waals surface area contributed by atoms with E-state index in [1.54, 1.807) is 39.5 Å². The Morgan fingerprint density at radius 2 is 1.52 bits per heavy atom. The number of hydrogen-bond acceptors (Lipinski definition) is 7. The van der Waals surface area contributed by atoms with Gasteiger partial charge in [0.1, 0.15) is 0 Å². The average molecular weight is 464 g/mol. The third kappa shape index (κ3) is 4.58. The molecule has 0 spiro atoms. The van der Waals surface area contributed by atoms with Crippen LogP contribution in [0.5, 0.6) is 0 Å². The van der Waals surface area contributed by atoms with Crippen LogP contribution in [0.4, 0.5) is 5.13 Å². The number of amides is 2. The van der Waals surface area contributed by atoms with Gasteiger partial charge in [-0.05, 0) is 24.3 Å². The van der Waals surface area contributed by atoms with Gasteiger partial charge >= 0.3 is 0 Å². The molecule has 31 heavy (non-hydrogen) atoms. The van der Waals surface area contributed by atoms with Gasteiger partial charge in [-0.1, -0.05) is 0 Å². The highest BCUT2D eigenvalue weighted by atomic mass is 32.2. The quantitative estimate of drug-likeness (QED) is 0.670. The smallest absolute Gasteiger partial charge is 0.253 e. The second-order valence-electron chi connectivity index (χ2n) is 7.53. The van der Waals surface area contributed by atoms with Gasteiger partial charge in [0, 0.05) is 76.4 Å². The Labute approximate surface area is 185 Å². The SMILES string of the molecule is CC(=O)N1CCN(S(=O)(=O)c2ccc(C(=O)N3CCN(c4nccs4)CC3)cc2)CC1. The highest BCUT2D eigenvalue weighted by Crippen LogP contribution is 2.21. The summed E-state index contributed by atoms with van der Waals surface area (Å²) in [6, 6.07) is 6.14. The number of carbonyl (C=O) groups is 2. The Morgan fingerprint density at radius 1 is 0.903 bits per heavy atom. The van der Waals surface area contributed by atoms with E-state index >= 15 is 0 Å². The van der Waals surface area contributed by atoms with Gasteiger partial charge in [0.05, 0.1) is 4.90 Å². The van der Waals surface area contributed by atoms with Crippen molar-refractivity contribution in [2.45, 2.75) is 11.8 Å². The Balaban J connectivity index is 1.38. The Morgan fingerprint density at radius 3 is 2.06 bits per heavy atom. The normalized spacial score (nSPS) is 18.3. The molecular formula is C20H25N5O4S2. The molecule has 0 unspecified atom stereocenters. The van der Waals surface area contributed by atoms with Crippen LogP contribution in [-0.2, 0) is 14.8 Å². The number of carbonyl (C=O) groups excluding carboxylic acids is 2. The maximum absolute atomic E-state index is 12.9. The fourth-order valence-corrected chi connectivity index (χ4v) is 5.94. The van der Waals surface area contributed by atoms with Crippen LogP contribution in [0.2, 0.25) is 0 Å². The third-order valence-corrected chi connectivity index (χ3v) is 8.42. The van der Waals surface area contributed by atoms with Crippen molar-refractivity contribution in [3.05, 3.63) is 41.4 Å². The first-order chi connectivity index (χ1) is 14.9. The van der Waals surface area contributed by atoms with E-state index in [4.69, 9.17) is 0 Å². The molecule has 9 nitrogen and oxygen atoms in total. The van der Waals surface area contributed by atoms with Gasteiger partial charge in [0.15, 0.2) is 5.13 Å². The molecule has 2 fully saturated rings. The van der Waals surface area contributed by atoms with E-state index in [1.165, 1.54) is 23.4 Å². The van der Waals surface area contributed by atoms with Crippen LogP contribution in [0.15, 0.2) is 40.7 Å². The van der Waals surface area contributed by atoms with Crippen molar-refractivity contribution in [2.75, 3.05) is 57.3 Å². The van der Waals surface area contributed by atoms with Crippen LogP contribution in [0, 0.1) is 0 Å². The van der Waals surface area contributed by atoms with E-state index in [2.05, 4.69) is 9.88 Å². The number of aromatic nitrogens is 1. The minimum Gasteiger partial charge on any atom is -0.345 e. The topological polar surface area (TPSA) is 94.1 Å². The molecule has 2 amide bonds. The molecule has 0 aliphatic carbocycles. The summed E-state index contributed by atoms with van der Waals surface area (Å²) in [4.78, 5) is 34.4. The monoisotopic (exact) mass is 463 g/mol. The van der Waals surface area contributed by atoms with E-state index in [1.807, 2.05) is 5.38 Å². The molecule has 0 bridgehead atoms. The molecule has 11 heteroatoms. The van der Waals surface area contributed by atoms with Gasteiger partial charge in [0.2, 0.25) is 15.9 Å². The molecule has 0 atom stereocenters. The molecule has 166 valence electrons. The second-order valence-corrected chi connectivity index (χ2v) is 10.3. The van der Waals surface area contributed by atoms with Crippen molar-refractivity contribution in [1.82, 2.24) is 19.1 Å². The second kappa shape index (κ2) is 8.93. The van der Waals surface area contributed by atoms with Crippen molar-refractivity contribution in [3.8, 4) is 0 Å². The van der Waals surface area contributed by atoms with Gasteiger partial charge in [-0.25, -0.2) is 13.4 Å². The molecular weight excluding hydrogens is 438 g/mol. The lowest BCUT2D eigenvalue weighted by atomic mass is 10.2. The molecule has 3 heterocycles. The standard InChI is InChI=1S/C20H25N5O4S2/c1-16(26)22-11-13-25(14-12-22)31(28,29)18-4-2-17(3-5-18)19(27)23-7-9-24(10-8-23)20-21-6-15-30-20/h2-6,15H,7-14H2,1H3. The molecule has 0 saturated carbocycles. The largest absolute Gasteiger partial charge is 0.345 e. The van der Waals surface area contributed by atoms with Gasteiger partial charge < -0.3 is 14.7 Å².